The Bertz CT molecular complexity index is 276. The van der Waals surface area contributed by atoms with E-state index in [1.807, 2.05) is 0 Å². The molecule has 0 unspecified atom stereocenters. The summed E-state index contributed by atoms with van der Waals surface area (Å²) in [4.78, 5) is 33.9. The number of carbonyl (C=O) groups is 3. The van der Waals surface area contributed by atoms with E-state index in [1.165, 1.54) is 0 Å². The van der Waals surface area contributed by atoms with Crippen molar-refractivity contribution >= 4 is 17.8 Å². The highest BCUT2D eigenvalue weighted by Crippen LogP contribution is 2.04. The highest BCUT2D eigenvalue weighted by atomic mass is 16.2. The number of hydrogen-bond donors (Lipinski definition) is 1. The highest BCUT2D eigenvalue weighted by molar-refractivity contribution is 6.14. The fourth-order valence-corrected chi connectivity index (χ4v) is 1.01. The summed E-state index contributed by atoms with van der Waals surface area (Å²) in [6, 6.07) is -0.663. The molecule has 0 saturated carbocycles. The fourth-order valence-electron chi connectivity index (χ4n) is 1.01. The first kappa shape index (κ1) is 9.44. The van der Waals surface area contributed by atoms with Crippen LogP contribution in [0, 0.1) is 0 Å². The number of urea groups is 1. The Kier molecular flexibility index (Phi) is 2.46. The smallest absolute Gasteiger partial charge is 0.277 e. The molecular formula is C8H10N2O3. The van der Waals surface area contributed by atoms with Crippen molar-refractivity contribution in [3.05, 3.63) is 12.2 Å². The number of carbonyl (C=O) groups excluding carboxylic acids is 3. The molecule has 0 atom stereocenters. The van der Waals surface area contributed by atoms with Crippen molar-refractivity contribution in [1.82, 2.24) is 10.2 Å². The first-order valence-corrected chi connectivity index (χ1v) is 3.79. The first-order chi connectivity index (χ1) is 6.00. The van der Waals surface area contributed by atoms with Gasteiger partial charge in [0.2, 0.25) is 11.8 Å². The Balaban J connectivity index is 2.73. The van der Waals surface area contributed by atoms with Gasteiger partial charge in [0.25, 0.3) is 0 Å². The summed E-state index contributed by atoms with van der Waals surface area (Å²) >= 11 is 0. The van der Waals surface area contributed by atoms with E-state index in [1.54, 1.807) is 6.92 Å². The molecule has 5 nitrogen and oxygen atoms in total. The van der Waals surface area contributed by atoms with E-state index in [-0.39, 0.29) is 13.0 Å². The van der Waals surface area contributed by atoms with Crippen LogP contribution in [-0.4, -0.2) is 29.3 Å². The highest BCUT2D eigenvalue weighted by Gasteiger charge is 2.30. The van der Waals surface area contributed by atoms with Gasteiger partial charge in [0.05, 0.1) is 6.54 Å². The minimum absolute atomic E-state index is 0.165. The molecule has 1 heterocycles. The van der Waals surface area contributed by atoms with Gasteiger partial charge in [-0.1, -0.05) is 12.2 Å². The van der Waals surface area contributed by atoms with Gasteiger partial charge in [-0.3, -0.25) is 19.8 Å². The zero-order valence-corrected chi connectivity index (χ0v) is 7.29. The molecule has 0 bridgehead atoms. The standard InChI is InChI=1S/C8H10N2O3/c1-5(2)4-10-7(12)3-6(11)9-8(10)13/h1,3-4H2,2H3,(H,9,11,13). The molecule has 0 aromatic carbocycles. The quantitative estimate of drug-likeness (QED) is 0.484. The van der Waals surface area contributed by atoms with E-state index < -0.39 is 17.8 Å². The average Bonchev–Trinajstić information content (AvgIpc) is 1.96. The Morgan fingerprint density at radius 1 is 1.54 bits per heavy atom. The van der Waals surface area contributed by atoms with Crippen LogP contribution in [0.15, 0.2) is 12.2 Å². The van der Waals surface area contributed by atoms with Gasteiger partial charge < -0.3 is 0 Å². The van der Waals surface area contributed by atoms with Crippen LogP contribution >= 0.6 is 0 Å². The monoisotopic (exact) mass is 182 g/mol. The summed E-state index contributed by atoms with van der Waals surface area (Å²) in [5.74, 6) is -1.02. The van der Waals surface area contributed by atoms with E-state index >= 15 is 0 Å². The normalized spacial score (nSPS) is 17.3. The van der Waals surface area contributed by atoms with Crippen LogP contribution in [0.1, 0.15) is 13.3 Å². The van der Waals surface area contributed by atoms with Crippen molar-refractivity contribution in [3.8, 4) is 0 Å². The summed E-state index contributed by atoms with van der Waals surface area (Å²) in [6.07, 6.45) is -0.265. The number of imide groups is 2. The lowest BCUT2D eigenvalue weighted by Crippen LogP contribution is -2.52. The second kappa shape index (κ2) is 3.38. The SMILES string of the molecule is C=C(C)CN1C(=O)CC(=O)NC1=O. The second-order valence-electron chi connectivity index (χ2n) is 2.97. The number of barbiturate groups is 1. The minimum atomic E-state index is -0.663. The summed E-state index contributed by atoms with van der Waals surface area (Å²) in [6.45, 7) is 5.45. The van der Waals surface area contributed by atoms with Crippen LogP contribution < -0.4 is 5.32 Å². The van der Waals surface area contributed by atoms with Crippen molar-refractivity contribution < 1.29 is 14.4 Å². The fraction of sp³-hybridized carbons (Fsp3) is 0.375. The third kappa shape index (κ3) is 2.14. The van der Waals surface area contributed by atoms with E-state index in [0.717, 1.165) is 4.90 Å². The van der Waals surface area contributed by atoms with Gasteiger partial charge >= 0.3 is 6.03 Å². The lowest BCUT2D eigenvalue weighted by atomic mass is 10.2. The summed E-state index contributed by atoms with van der Waals surface area (Å²) in [5.41, 5.74) is 0.692. The van der Waals surface area contributed by atoms with Gasteiger partial charge in [0.15, 0.2) is 0 Å². The van der Waals surface area contributed by atoms with E-state index in [4.69, 9.17) is 0 Å². The Labute approximate surface area is 75.4 Å². The number of nitrogens with zero attached hydrogens (tertiary/aromatic N) is 1. The molecule has 1 N–H and O–H groups in total. The van der Waals surface area contributed by atoms with Crippen LogP contribution in [-0.2, 0) is 9.59 Å². The Hall–Kier alpha value is -1.65. The lowest BCUT2D eigenvalue weighted by molar-refractivity contribution is -0.135. The molecule has 0 aromatic rings. The Morgan fingerprint density at radius 2 is 2.15 bits per heavy atom. The molecular weight excluding hydrogens is 172 g/mol. The van der Waals surface area contributed by atoms with E-state index in [0.29, 0.717) is 5.57 Å². The molecule has 1 aliphatic heterocycles. The van der Waals surface area contributed by atoms with Gasteiger partial charge in [-0.2, -0.15) is 0 Å². The molecule has 5 heteroatoms. The molecule has 0 aliphatic carbocycles. The first-order valence-electron chi connectivity index (χ1n) is 3.79. The second-order valence-corrected chi connectivity index (χ2v) is 2.97. The minimum Gasteiger partial charge on any atom is -0.277 e. The largest absolute Gasteiger partial charge is 0.331 e. The topological polar surface area (TPSA) is 66.5 Å². The number of amides is 4. The summed E-state index contributed by atoms with van der Waals surface area (Å²) in [7, 11) is 0. The van der Waals surface area contributed by atoms with Crippen molar-refractivity contribution in [3.63, 3.8) is 0 Å². The summed E-state index contributed by atoms with van der Waals surface area (Å²) < 4.78 is 0. The van der Waals surface area contributed by atoms with Crippen LogP contribution in [0.3, 0.4) is 0 Å². The zero-order valence-electron chi connectivity index (χ0n) is 7.29. The molecule has 0 spiro atoms. The Morgan fingerprint density at radius 3 is 2.62 bits per heavy atom. The molecule has 1 aliphatic rings. The lowest BCUT2D eigenvalue weighted by Gasteiger charge is -2.24. The predicted molar refractivity (Wildman–Crippen MR) is 44.7 cm³/mol. The van der Waals surface area contributed by atoms with Gasteiger partial charge in [0, 0.05) is 0 Å². The maximum absolute atomic E-state index is 11.2. The van der Waals surface area contributed by atoms with Gasteiger partial charge in [-0.15, -0.1) is 0 Å². The van der Waals surface area contributed by atoms with Gasteiger partial charge in [-0.05, 0) is 6.92 Å². The average molecular weight is 182 g/mol. The van der Waals surface area contributed by atoms with Gasteiger partial charge in [-0.25, -0.2) is 4.79 Å². The van der Waals surface area contributed by atoms with E-state index in [2.05, 4.69) is 11.9 Å². The molecule has 0 aromatic heterocycles. The molecule has 70 valence electrons. The predicted octanol–water partition coefficient (Wildman–Crippen LogP) is 0.0310. The van der Waals surface area contributed by atoms with Crippen LogP contribution in [0.25, 0.3) is 0 Å². The third-order valence-corrected chi connectivity index (χ3v) is 1.53. The summed E-state index contributed by atoms with van der Waals surface area (Å²) in [5, 5.41) is 2.05. The van der Waals surface area contributed by atoms with Crippen LogP contribution in [0.5, 0.6) is 0 Å². The number of rotatable bonds is 2. The molecule has 4 amide bonds. The molecule has 1 saturated heterocycles. The third-order valence-electron chi connectivity index (χ3n) is 1.53. The molecule has 0 radical (unpaired) electrons. The van der Waals surface area contributed by atoms with Crippen molar-refractivity contribution in [2.45, 2.75) is 13.3 Å². The number of nitrogens with one attached hydrogen (secondary N) is 1. The molecule has 1 rings (SSSR count). The molecule has 13 heavy (non-hydrogen) atoms. The van der Waals surface area contributed by atoms with Crippen LogP contribution in [0.4, 0.5) is 4.79 Å². The maximum atomic E-state index is 11.2. The van der Waals surface area contributed by atoms with Crippen LogP contribution in [0.2, 0.25) is 0 Å². The maximum Gasteiger partial charge on any atom is 0.331 e. The van der Waals surface area contributed by atoms with Crippen molar-refractivity contribution in [2.75, 3.05) is 6.54 Å². The molecule has 1 fully saturated rings. The number of hydrogen-bond acceptors (Lipinski definition) is 3. The zero-order chi connectivity index (χ0) is 10.0. The van der Waals surface area contributed by atoms with Crippen molar-refractivity contribution in [1.29, 1.82) is 0 Å². The van der Waals surface area contributed by atoms with E-state index in [9.17, 15) is 14.4 Å². The van der Waals surface area contributed by atoms with Crippen molar-refractivity contribution in [2.24, 2.45) is 0 Å². The van der Waals surface area contributed by atoms with Gasteiger partial charge in [0.1, 0.15) is 6.42 Å².